The molecule has 13 heteroatoms. The van der Waals surface area contributed by atoms with Crippen molar-refractivity contribution in [1.29, 1.82) is 5.26 Å². The van der Waals surface area contributed by atoms with E-state index in [1.807, 2.05) is 6.07 Å². The van der Waals surface area contributed by atoms with E-state index in [0.29, 0.717) is 27.0 Å². The Kier molecular flexibility index (Phi) is 8.68. The Morgan fingerprint density at radius 1 is 1.17 bits per heavy atom. The molecule has 4 aromatic rings. The fourth-order valence-electron chi connectivity index (χ4n) is 3.80. The molecule has 0 radical (unpaired) electrons. The molecule has 2 aromatic carbocycles. The van der Waals surface area contributed by atoms with Gasteiger partial charge in [-0.15, -0.1) is 12.4 Å². The third kappa shape index (κ3) is 6.68. The van der Waals surface area contributed by atoms with E-state index < -0.39 is 17.3 Å². The van der Waals surface area contributed by atoms with Gasteiger partial charge >= 0.3 is 0 Å². The van der Waals surface area contributed by atoms with E-state index in [9.17, 15) is 19.2 Å². The number of anilines is 4. The number of carbonyl (C=O) groups excluding carboxylic acids is 2. The van der Waals surface area contributed by atoms with Gasteiger partial charge in [0.2, 0.25) is 5.91 Å². The quantitative estimate of drug-likeness (QED) is 0.220. The normalized spacial score (nSPS) is 12.7. The molecule has 0 unspecified atom stereocenters. The Labute approximate surface area is 250 Å². The minimum atomic E-state index is -1.16. The Hall–Kier alpha value is -3.98. The van der Waals surface area contributed by atoms with Crippen molar-refractivity contribution < 1.29 is 18.7 Å². The summed E-state index contributed by atoms with van der Waals surface area (Å²) in [7, 11) is 1.76. The van der Waals surface area contributed by atoms with Gasteiger partial charge in [0.1, 0.15) is 33.8 Å². The van der Waals surface area contributed by atoms with E-state index >= 15 is 0 Å². The van der Waals surface area contributed by atoms with Crippen molar-refractivity contribution in [2.75, 3.05) is 22.6 Å². The van der Waals surface area contributed by atoms with Gasteiger partial charge in [-0.3, -0.25) is 9.59 Å². The van der Waals surface area contributed by atoms with Gasteiger partial charge in [-0.1, -0.05) is 29.0 Å². The van der Waals surface area contributed by atoms with Gasteiger partial charge in [0.25, 0.3) is 5.91 Å². The third-order valence-electron chi connectivity index (χ3n) is 6.19. The number of hydrogen-bond donors (Lipinski definition) is 2. The summed E-state index contributed by atoms with van der Waals surface area (Å²) < 4.78 is 20.4. The van der Waals surface area contributed by atoms with Crippen LogP contribution >= 0.6 is 35.3 Å². The molecule has 0 saturated heterocycles. The molecule has 41 heavy (non-hydrogen) atoms. The lowest BCUT2D eigenvalue weighted by atomic mass is 10.1. The second kappa shape index (κ2) is 11.9. The van der Waals surface area contributed by atoms with Crippen LogP contribution in [0, 0.1) is 23.1 Å². The zero-order chi connectivity index (χ0) is 28.6. The predicted octanol–water partition coefficient (Wildman–Crippen LogP) is 6.96. The molecule has 2 N–H and O–H groups in total. The molecule has 2 amide bonds. The van der Waals surface area contributed by atoms with E-state index in [4.69, 9.17) is 16.3 Å². The maximum absolute atomic E-state index is 14.8. The van der Waals surface area contributed by atoms with Crippen LogP contribution in [0.3, 0.4) is 0 Å². The second-order valence-electron chi connectivity index (χ2n) is 9.80. The smallest absolute Gasteiger partial charge is 0.257 e. The number of rotatable bonds is 8. The molecular weight excluding hydrogens is 590 g/mol. The van der Waals surface area contributed by atoms with Crippen molar-refractivity contribution in [1.82, 2.24) is 9.97 Å². The van der Waals surface area contributed by atoms with E-state index in [0.717, 1.165) is 12.8 Å². The van der Waals surface area contributed by atoms with Crippen LogP contribution in [-0.2, 0) is 4.79 Å². The number of hydrogen-bond acceptors (Lipinski definition) is 8. The molecule has 0 spiro atoms. The number of benzene rings is 2. The maximum Gasteiger partial charge on any atom is 0.257 e. The number of amides is 2. The van der Waals surface area contributed by atoms with Crippen LogP contribution in [0.4, 0.5) is 26.7 Å². The summed E-state index contributed by atoms with van der Waals surface area (Å²) in [5, 5.41) is 15.2. The molecular formula is C28H25Cl2FN6O3S. The molecule has 1 aliphatic rings. The number of pyridine rings is 1. The molecule has 0 bridgehead atoms. The lowest BCUT2D eigenvalue weighted by molar-refractivity contribution is -0.117. The Bertz CT molecular complexity index is 1690. The topological polar surface area (TPSA) is 120 Å². The molecule has 2 aromatic heterocycles. The van der Waals surface area contributed by atoms with Crippen molar-refractivity contribution in [3.63, 3.8) is 0 Å². The van der Waals surface area contributed by atoms with Crippen molar-refractivity contribution in [2.24, 2.45) is 5.92 Å². The fraction of sp³-hybridized carbons (Fsp3) is 0.250. The zero-order valence-electron chi connectivity index (χ0n) is 22.2. The number of carbonyl (C=O) groups is 2. The van der Waals surface area contributed by atoms with E-state index in [-0.39, 0.29) is 46.3 Å². The van der Waals surface area contributed by atoms with Crippen LogP contribution in [0.15, 0.2) is 48.5 Å². The maximum atomic E-state index is 14.8. The highest BCUT2D eigenvalue weighted by molar-refractivity contribution is 7.22. The average molecular weight is 616 g/mol. The highest BCUT2D eigenvalue weighted by Crippen LogP contribution is 2.35. The number of nitrogens with zero attached hydrogens (tertiary/aromatic N) is 4. The lowest BCUT2D eigenvalue weighted by Gasteiger charge is -2.20. The monoisotopic (exact) mass is 614 g/mol. The largest absolute Gasteiger partial charge is 0.471 e. The Morgan fingerprint density at radius 3 is 2.63 bits per heavy atom. The first kappa shape index (κ1) is 30.0. The van der Waals surface area contributed by atoms with Crippen molar-refractivity contribution >= 4 is 79.8 Å². The standard InChI is InChI=1S/C28H24ClFN6O3S.ClH/c1-28(2,14-31)39-21-6-4-5-17(23(21)29)25(38)32-20-13-16(9-10-18(20)30)36(3)22-12-11-19-26(34-22)40-27(33-19)35-24(37)15-7-8-15;/h4-6,9-13,15H,7-8H2,1-3H3,(H,32,38)(H,33,35,37);1H. The molecule has 5 rings (SSSR count). The van der Waals surface area contributed by atoms with Crippen LogP contribution in [0.25, 0.3) is 10.3 Å². The highest BCUT2D eigenvalue weighted by Gasteiger charge is 2.30. The van der Waals surface area contributed by atoms with Crippen LogP contribution < -0.4 is 20.3 Å². The van der Waals surface area contributed by atoms with Gasteiger partial charge in [-0.05, 0) is 69.2 Å². The number of thiazole rings is 1. The van der Waals surface area contributed by atoms with Gasteiger partial charge < -0.3 is 20.3 Å². The molecule has 1 fully saturated rings. The minimum absolute atomic E-state index is 0. The number of nitriles is 1. The van der Waals surface area contributed by atoms with Crippen LogP contribution in [0.5, 0.6) is 5.75 Å². The third-order valence-corrected chi connectivity index (χ3v) is 7.46. The van der Waals surface area contributed by atoms with Gasteiger partial charge in [0.05, 0.1) is 16.3 Å². The molecule has 1 aliphatic carbocycles. The first-order valence-electron chi connectivity index (χ1n) is 12.4. The Balaban J connectivity index is 0.00000387. The van der Waals surface area contributed by atoms with Gasteiger partial charge in [-0.25, -0.2) is 14.4 Å². The summed E-state index contributed by atoms with van der Waals surface area (Å²) in [6, 6.07) is 14.5. The predicted molar refractivity (Wildman–Crippen MR) is 160 cm³/mol. The van der Waals surface area contributed by atoms with Crippen LogP contribution in [0.2, 0.25) is 5.02 Å². The van der Waals surface area contributed by atoms with Gasteiger partial charge in [0, 0.05) is 18.7 Å². The number of fused-ring (bicyclic) bond motifs is 1. The molecule has 9 nitrogen and oxygen atoms in total. The lowest BCUT2D eigenvalue weighted by Crippen LogP contribution is -2.26. The second-order valence-corrected chi connectivity index (χ2v) is 11.2. The highest BCUT2D eigenvalue weighted by atomic mass is 35.5. The summed E-state index contributed by atoms with van der Waals surface area (Å²) >= 11 is 7.68. The van der Waals surface area contributed by atoms with Crippen molar-refractivity contribution in [2.45, 2.75) is 32.3 Å². The SMILES string of the molecule is CN(c1ccc(F)c(NC(=O)c2cccc(OC(C)(C)C#N)c2Cl)c1)c1ccc2nc(NC(=O)C3CC3)sc2n1.Cl. The summed E-state index contributed by atoms with van der Waals surface area (Å²) in [4.78, 5) is 36.6. The number of aromatic nitrogens is 2. The number of ether oxygens (including phenoxy) is 1. The van der Waals surface area contributed by atoms with E-state index in [1.54, 1.807) is 56.1 Å². The Morgan fingerprint density at radius 2 is 1.93 bits per heavy atom. The molecule has 0 aliphatic heterocycles. The molecule has 1 saturated carbocycles. The summed E-state index contributed by atoms with van der Waals surface area (Å²) in [6.07, 6.45) is 1.80. The molecule has 0 atom stereocenters. The molecule has 212 valence electrons. The first-order chi connectivity index (χ1) is 19.0. The fourth-order valence-corrected chi connectivity index (χ4v) is 4.89. The summed E-state index contributed by atoms with van der Waals surface area (Å²) in [5.74, 6) is -0.513. The zero-order valence-corrected chi connectivity index (χ0v) is 24.6. The molecule has 2 heterocycles. The van der Waals surface area contributed by atoms with E-state index in [1.165, 1.54) is 29.5 Å². The van der Waals surface area contributed by atoms with E-state index in [2.05, 4.69) is 20.6 Å². The van der Waals surface area contributed by atoms with Gasteiger partial charge in [-0.2, -0.15) is 5.26 Å². The summed E-state index contributed by atoms with van der Waals surface area (Å²) in [5.41, 5.74) is 0.0633. The van der Waals surface area contributed by atoms with Crippen molar-refractivity contribution in [3.05, 3.63) is 64.9 Å². The van der Waals surface area contributed by atoms with Crippen molar-refractivity contribution in [3.8, 4) is 11.8 Å². The van der Waals surface area contributed by atoms with Crippen LogP contribution in [0.1, 0.15) is 37.0 Å². The number of nitrogens with one attached hydrogen (secondary N) is 2. The number of halogens is 3. The van der Waals surface area contributed by atoms with Gasteiger partial charge in [0.15, 0.2) is 10.7 Å². The van der Waals surface area contributed by atoms with Crippen LogP contribution in [-0.4, -0.2) is 34.4 Å². The summed E-state index contributed by atoms with van der Waals surface area (Å²) in [6.45, 7) is 3.14. The minimum Gasteiger partial charge on any atom is -0.471 e. The first-order valence-corrected chi connectivity index (χ1v) is 13.6. The average Bonchev–Trinajstić information content (AvgIpc) is 3.70.